The zero-order chi connectivity index (χ0) is 24.4. The summed E-state index contributed by atoms with van der Waals surface area (Å²) in [5.74, 6) is -5.68. The van der Waals surface area contributed by atoms with Crippen LogP contribution in [0, 0.1) is 16.7 Å². The maximum atomic E-state index is 13.1. The number of hydrogen-bond acceptors (Lipinski definition) is 6. The first-order chi connectivity index (χ1) is 14.8. The summed E-state index contributed by atoms with van der Waals surface area (Å²) in [5.41, 5.74) is -3.79. The molecule has 0 saturated carbocycles. The van der Waals surface area contributed by atoms with E-state index < -0.39 is 65.9 Å². The fourth-order valence-electron chi connectivity index (χ4n) is 4.50. The topological polar surface area (TPSA) is 122 Å². The van der Waals surface area contributed by atoms with E-state index in [0.29, 0.717) is 0 Å². The maximum Gasteiger partial charge on any atom is 0.387 e. The first-order valence-corrected chi connectivity index (χ1v) is 10.2. The van der Waals surface area contributed by atoms with Gasteiger partial charge in [0.05, 0.1) is 11.3 Å². The van der Waals surface area contributed by atoms with Crippen molar-refractivity contribution in [1.82, 2.24) is 5.32 Å². The summed E-state index contributed by atoms with van der Waals surface area (Å²) >= 11 is 0. The largest absolute Gasteiger partial charge is 0.481 e. The van der Waals surface area contributed by atoms with Crippen molar-refractivity contribution in [3.8, 4) is 5.75 Å². The molecule has 178 valence electrons. The van der Waals surface area contributed by atoms with Gasteiger partial charge in [0, 0.05) is 18.0 Å². The zero-order valence-electron chi connectivity index (χ0n) is 18.6. The average Bonchev–Trinajstić information content (AvgIpc) is 2.69. The SMILES string of the molecule is CC(C)C(=O)OCC1(C(=O)O)C(C)NC(C)C(C)(C(=O)O)C1c1ccccc1OC(F)F. The summed E-state index contributed by atoms with van der Waals surface area (Å²) in [7, 11) is 0. The van der Waals surface area contributed by atoms with Gasteiger partial charge < -0.3 is 25.0 Å². The second kappa shape index (κ2) is 9.40. The van der Waals surface area contributed by atoms with Crippen molar-refractivity contribution in [3.05, 3.63) is 29.8 Å². The monoisotopic (exact) mass is 457 g/mol. The van der Waals surface area contributed by atoms with E-state index >= 15 is 0 Å². The van der Waals surface area contributed by atoms with Crippen molar-refractivity contribution in [2.75, 3.05) is 6.61 Å². The number of carbonyl (C=O) groups is 3. The predicted molar refractivity (Wildman–Crippen MR) is 109 cm³/mol. The average molecular weight is 457 g/mol. The number of halogens is 2. The second-order valence-corrected chi connectivity index (χ2v) is 8.66. The molecule has 5 unspecified atom stereocenters. The molecule has 3 N–H and O–H groups in total. The maximum absolute atomic E-state index is 13.1. The number of ether oxygens (including phenoxy) is 2. The van der Waals surface area contributed by atoms with Crippen molar-refractivity contribution >= 4 is 17.9 Å². The van der Waals surface area contributed by atoms with Gasteiger partial charge in [-0.1, -0.05) is 32.0 Å². The highest BCUT2D eigenvalue weighted by Crippen LogP contribution is 2.57. The van der Waals surface area contributed by atoms with Gasteiger partial charge in [-0.3, -0.25) is 14.4 Å². The summed E-state index contributed by atoms with van der Waals surface area (Å²) in [5, 5.41) is 23.6. The lowest BCUT2D eigenvalue weighted by Crippen LogP contribution is -2.70. The molecule has 0 radical (unpaired) electrons. The molecule has 0 aliphatic carbocycles. The lowest BCUT2D eigenvalue weighted by Gasteiger charge is -2.55. The molecule has 1 aromatic rings. The molecule has 0 bridgehead atoms. The molecule has 2 rings (SSSR count). The van der Waals surface area contributed by atoms with Gasteiger partial charge in [-0.25, -0.2) is 0 Å². The van der Waals surface area contributed by atoms with Crippen molar-refractivity contribution in [1.29, 1.82) is 0 Å². The fraction of sp³-hybridized carbons (Fsp3) is 0.591. The lowest BCUT2D eigenvalue weighted by atomic mass is 9.52. The van der Waals surface area contributed by atoms with Gasteiger partial charge in [0.25, 0.3) is 0 Å². The van der Waals surface area contributed by atoms with Crippen molar-refractivity contribution < 1.29 is 42.9 Å². The Labute approximate surface area is 184 Å². The first-order valence-electron chi connectivity index (χ1n) is 10.2. The normalized spacial score (nSPS) is 30.2. The van der Waals surface area contributed by atoms with Crippen LogP contribution in [0.1, 0.15) is 46.1 Å². The lowest BCUT2D eigenvalue weighted by molar-refractivity contribution is -0.180. The molecule has 1 aliphatic heterocycles. The van der Waals surface area contributed by atoms with E-state index in [4.69, 9.17) is 4.74 Å². The van der Waals surface area contributed by atoms with Crippen molar-refractivity contribution in [2.45, 2.75) is 59.2 Å². The number of para-hydroxylation sites is 1. The number of benzene rings is 1. The first kappa shape index (κ1) is 25.5. The molecule has 1 saturated heterocycles. The number of hydrogen-bond donors (Lipinski definition) is 3. The molecular formula is C22H29F2NO7. The molecule has 10 heteroatoms. The summed E-state index contributed by atoms with van der Waals surface area (Å²) in [6.45, 7) is 3.76. The van der Waals surface area contributed by atoms with E-state index in [1.807, 2.05) is 0 Å². The molecular weight excluding hydrogens is 428 g/mol. The molecule has 1 aliphatic rings. The summed E-state index contributed by atoms with van der Waals surface area (Å²) in [6, 6.07) is 3.87. The van der Waals surface area contributed by atoms with Crippen LogP contribution in [0.15, 0.2) is 24.3 Å². The number of rotatable bonds is 8. The highest BCUT2D eigenvalue weighted by Gasteiger charge is 2.66. The Balaban J connectivity index is 2.83. The van der Waals surface area contributed by atoms with Crippen LogP contribution in [-0.2, 0) is 19.1 Å². The van der Waals surface area contributed by atoms with Gasteiger partial charge in [0.15, 0.2) is 0 Å². The molecule has 5 atom stereocenters. The molecule has 1 fully saturated rings. The van der Waals surface area contributed by atoms with E-state index in [9.17, 15) is 33.4 Å². The smallest absolute Gasteiger partial charge is 0.387 e. The third-order valence-corrected chi connectivity index (χ3v) is 6.52. The Hall–Kier alpha value is -2.75. The summed E-state index contributed by atoms with van der Waals surface area (Å²) in [4.78, 5) is 37.5. The molecule has 0 amide bonds. The standard InChI is InChI=1S/C22H29F2NO7/c1-11(2)17(26)31-10-22(19(29)30)13(4)25-12(3)21(5,18(27)28)16(22)14-8-6-7-9-15(14)32-20(23)24/h6-9,11-13,16,20,25H,10H2,1-5H3,(H,27,28)(H,29,30). The number of piperidine rings is 1. The third kappa shape index (κ3) is 4.28. The van der Waals surface area contributed by atoms with Crippen LogP contribution in [0.2, 0.25) is 0 Å². The quantitative estimate of drug-likeness (QED) is 0.509. The van der Waals surface area contributed by atoms with Gasteiger partial charge in [-0.05, 0) is 32.4 Å². The van der Waals surface area contributed by atoms with Crippen molar-refractivity contribution in [3.63, 3.8) is 0 Å². The van der Waals surface area contributed by atoms with Crippen LogP contribution in [0.4, 0.5) is 8.78 Å². The Morgan fingerprint density at radius 1 is 1.09 bits per heavy atom. The van der Waals surface area contributed by atoms with Crippen LogP contribution in [-0.4, -0.2) is 53.4 Å². The minimum Gasteiger partial charge on any atom is -0.481 e. The Morgan fingerprint density at radius 3 is 2.19 bits per heavy atom. The highest BCUT2D eigenvalue weighted by molar-refractivity contribution is 5.84. The number of aliphatic carboxylic acids is 2. The Bertz CT molecular complexity index is 878. The molecule has 0 aromatic heterocycles. The van der Waals surface area contributed by atoms with Crippen LogP contribution in [0.3, 0.4) is 0 Å². The third-order valence-electron chi connectivity index (χ3n) is 6.52. The molecule has 1 aromatic carbocycles. The number of esters is 1. The van der Waals surface area contributed by atoms with E-state index in [0.717, 1.165) is 0 Å². The van der Waals surface area contributed by atoms with E-state index in [1.165, 1.54) is 31.2 Å². The zero-order valence-corrected chi connectivity index (χ0v) is 18.6. The van der Waals surface area contributed by atoms with Gasteiger partial charge in [0.1, 0.15) is 17.8 Å². The Kier molecular flexibility index (Phi) is 7.49. The highest BCUT2D eigenvalue weighted by atomic mass is 19.3. The molecule has 0 spiro atoms. The van der Waals surface area contributed by atoms with Crippen molar-refractivity contribution in [2.24, 2.45) is 16.7 Å². The number of nitrogens with one attached hydrogen (secondary N) is 1. The van der Waals surface area contributed by atoms with Crippen LogP contribution >= 0.6 is 0 Å². The fourth-order valence-corrected chi connectivity index (χ4v) is 4.50. The Morgan fingerprint density at radius 2 is 1.69 bits per heavy atom. The van der Waals surface area contributed by atoms with Crippen LogP contribution in [0.25, 0.3) is 0 Å². The number of alkyl halides is 2. The molecule has 1 heterocycles. The summed E-state index contributed by atoms with van der Waals surface area (Å²) < 4.78 is 36.2. The van der Waals surface area contributed by atoms with E-state index in [-0.39, 0.29) is 11.3 Å². The minimum absolute atomic E-state index is 0.0131. The van der Waals surface area contributed by atoms with Gasteiger partial charge in [0.2, 0.25) is 0 Å². The summed E-state index contributed by atoms with van der Waals surface area (Å²) in [6.07, 6.45) is 0. The van der Waals surface area contributed by atoms with Gasteiger partial charge in [-0.15, -0.1) is 0 Å². The number of carboxylic acids is 2. The molecule has 8 nitrogen and oxygen atoms in total. The minimum atomic E-state index is -3.21. The van der Waals surface area contributed by atoms with Gasteiger partial charge in [-0.2, -0.15) is 8.78 Å². The molecule has 32 heavy (non-hydrogen) atoms. The van der Waals surface area contributed by atoms with E-state index in [1.54, 1.807) is 27.7 Å². The number of carboxylic acid groups (broad SMARTS) is 2. The predicted octanol–water partition coefficient (Wildman–Crippen LogP) is 3.11. The van der Waals surface area contributed by atoms with Crippen LogP contribution < -0.4 is 10.1 Å². The van der Waals surface area contributed by atoms with Gasteiger partial charge >= 0.3 is 24.5 Å². The number of carbonyl (C=O) groups excluding carboxylic acids is 1. The second-order valence-electron chi connectivity index (χ2n) is 8.66. The van der Waals surface area contributed by atoms with Crippen LogP contribution in [0.5, 0.6) is 5.75 Å². The van der Waals surface area contributed by atoms with E-state index in [2.05, 4.69) is 10.1 Å².